The highest BCUT2D eigenvalue weighted by atomic mass is 16.2. The van der Waals surface area contributed by atoms with Crippen LogP contribution >= 0.6 is 0 Å². The average Bonchev–Trinajstić information content (AvgIpc) is 3.19. The molecular formula is C23H33N5O2. The normalized spacial score (nSPS) is 37.5. The van der Waals surface area contributed by atoms with Crippen LogP contribution in [-0.2, 0) is 4.79 Å². The van der Waals surface area contributed by atoms with E-state index in [9.17, 15) is 9.59 Å². The van der Waals surface area contributed by atoms with Crippen molar-refractivity contribution in [3.05, 3.63) is 23.9 Å². The number of anilines is 1. The van der Waals surface area contributed by atoms with Gasteiger partial charge in [0, 0.05) is 30.6 Å². The number of pyridine rings is 1. The van der Waals surface area contributed by atoms with Gasteiger partial charge in [0.25, 0.3) is 5.91 Å². The summed E-state index contributed by atoms with van der Waals surface area (Å²) in [5.41, 5.74) is -0.0286. The molecule has 4 fully saturated rings. The van der Waals surface area contributed by atoms with Crippen LogP contribution in [0.25, 0.3) is 0 Å². The minimum absolute atomic E-state index is 0.00202. The van der Waals surface area contributed by atoms with Gasteiger partial charge in [0.1, 0.15) is 11.5 Å². The maximum atomic E-state index is 13.2. The smallest absolute Gasteiger partial charge is 0.256 e. The third kappa shape index (κ3) is 3.09. The van der Waals surface area contributed by atoms with E-state index in [-0.39, 0.29) is 29.1 Å². The summed E-state index contributed by atoms with van der Waals surface area (Å²) in [6.07, 6.45) is 7.72. The number of likely N-dealkylation sites (tertiary alicyclic amines) is 1. The number of carbonyl (C=O) groups is 2. The fourth-order valence-corrected chi connectivity index (χ4v) is 6.61. The molecule has 162 valence electrons. The molecule has 7 heteroatoms. The van der Waals surface area contributed by atoms with Crippen LogP contribution in [-0.4, -0.2) is 53.0 Å². The molecule has 2 aliphatic heterocycles. The standard InChI is InChI=1S/C23H33N5O2/c1-3-28-11-5-6-16(28)13-25-21(30)18-12-15-8-9-22(18,2)14-23(15)26-19-17(20(29)27-23)7-4-10-24-19/h4,7,10,15-16,18H,3,5-6,8-9,11-14H2,1-2H3,(H,24,26)(H,25,30)(H,27,29)/t15-,16-,18-,22+,23+/m1/s1. The molecule has 6 rings (SSSR count). The molecule has 3 N–H and O–H groups in total. The molecule has 3 aliphatic carbocycles. The van der Waals surface area contributed by atoms with Crippen molar-refractivity contribution in [2.45, 2.75) is 64.1 Å². The second-order valence-electron chi connectivity index (χ2n) is 9.97. The van der Waals surface area contributed by atoms with E-state index in [0.717, 1.165) is 45.3 Å². The highest BCUT2D eigenvalue weighted by Gasteiger charge is 2.60. The van der Waals surface area contributed by atoms with Gasteiger partial charge in [-0.3, -0.25) is 14.5 Å². The Morgan fingerprint density at radius 3 is 3.03 bits per heavy atom. The molecule has 1 saturated heterocycles. The molecular weight excluding hydrogens is 378 g/mol. The van der Waals surface area contributed by atoms with Gasteiger partial charge < -0.3 is 16.0 Å². The molecule has 1 aromatic rings. The minimum Gasteiger partial charge on any atom is -0.354 e. The van der Waals surface area contributed by atoms with E-state index in [1.807, 2.05) is 0 Å². The first-order valence-corrected chi connectivity index (χ1v) is 11.5. The summed E-state index contributed by atoms with van der Waals surface area (Å²) in [6.45, 7) is 7.36. The molecule has 30 heavy (non-hydrogen) atoms. The quantitative estimate of drug-likeness (QED) is 0.708. The van der Waals surface area contributed by atoms with Crippen LogP contribution in [0.5, 0.6) is 0 Å². The number of nitrogens with zero attached hydrogens (tertiary/aromatic N) is 2. The van der Waals surface area contributed by atoms with E-state index in [2.05, 4.69) is 39.7 Å². The van der Waals surface area contributed by atoms with Crippen LogP contribution in [0, 0.1) is 17.3 Å². The maximum absolute atomic E-state index is 13.2. The second kappa shape index (κ2) is 7.22. The summed E-state index contributed by atoms with van der Waals surface area (Å²) in [5, 5.41) is 10.1. The lowest BCUT2D eigenvalue weighted by Crippen LogP contribution is -2.70. The summed E-state index contributed by atoms with van der Waals surface area (Å²) >= 11 is 0. The van der Waals surface area contributed by atoms with Crippen LogP contribution in [0.15, 0.2) is 18.3 Å². The van der Waals surface area contributed by atoms with Gasteiger partial charge in [-0.15, -0.1) is 0 Å². The molecule has 1 aromatic heterocycles. The van der Waals surface area contributed by atoms with E-state index in [0.29, 0.717) is 17.4 Å². The summed E-state index contributed by atoms with van der Waals surface area (Å²) in [7, 11) is 0. The van der Waals surface area contributed by atoms with Crippen molar-refractivity contribution in [1.29, 1.82) is 0 Å². The molecule has 1 spiro atoms. The summed E-state index contributed by atoms with van der Waals surface area (Å²) < 4.78 is 0. The van der Waals surface area contributed by atoms with Crippen molar-refractivity contribution >= 4 is 17.6 Å². The highest BCUT2D eigenvalue weighted by Crippen LogP contribution is 2.58. The van der Waals surface area contributed by atoms with Crippen molar-refractivity contribution < 1.29 is 9.59 Å². The van der Waals surface area contributed by atoms with Crippen LogP contribution in [0.2, 0.25) is 0 Å². The summed E-state index contributed by atoms with van der Waals surface area (Å²) in [5.74, 6) is 1.03. The molecule has 0 aromatic carbocycles. The zero-order valence-corrected chi connectivity index (χ0v) is 18.0. The van der Waals surface area contributed by atoms with E-state index in [4.69, 9.17) is 0 Å². The first-order chi connectivity index (χ1) is 14.4. The van der Waals surface area contributed by atoms with Gasteiger partial charge >= 0.3 is 0 Å². The lowest BCUT2D eigenvalue weighted by Gasteiger charge is -2.60. The number of hydrogen-bond acceptors (Lipinski definition) is 5. The Morgan fingerprint density at radius 1 is 1.37 bits per heavy atom. The Bertz CT molecular complexity index is 860. The molecule has 0 radical (unpaired) electrons. The van der Waals surface area contributed by atoms with Gasteiger partial charge in [-0.05, 0) is 69.2 Å². The Hall–Kier alpha value is -2.15. The zero-order valence-electron chi connectivity index (χ0n) is 18.0. The largest absolute Gasteiger partial charge is 0.354 e. The van der Waals surface area contributed by atoms with Crippen molar-refractivity contribution in [1.82, 2.24) is 20.5 Å². The Morgan fingerprint density at radius 2 is 2.23 bits per heavy atom. The fourth-order valence-electron chi connectivity index (χ4n) is 6.61. The van der Waals surface area contributed by atoms with Gasteiger partial charge in [0.2, 0.25) is 5.91 Å². The van der Waals surface area contributed by atoms with Crippen molar-refractivity contribution in [3.8, 4) is 0 Å². The summed E-state index contributed by atoms with van der Waals surface area (Å²) in [4.78, 5) is 32.9. The Kier molecular flexibility index (Phi) is 4.76. The van der Waals surface area contributed by atoms with Crippen LogP contribution in [0.3, 0.4) is 0 Å². The average molecular weight is 412 g/mol. The number of nitrogens with one attached hydrogen (secondary N) is 3. The monoisotopic (exact) mass is 411 g/mol. The van der Waals surface area contributed by atoms with Crippen molar-refractivity contribution in [2.75, 3.05) is 25.0 Å². The second-order valence-corrected chi connectivity index (χ2v) is 9.97. The third-order valence-corrected chi connectivity index (χ3v) is 8.27. The van der Waals surface area contributed by atoms with E-state index in [1.165, 1.54) is 12.8 Å². The van der Waals surface area contributed by atoms with E-state index >= 15 is 0 Å². The number of aromatic nitrogens is 1. The predicted octanol–water partition coefficient (Wildman–Crippen LogP) is 2.36. The molecule has 2 bridgehead atoms. The number of likely N-dealkylation sites (N-methyl/N-ethyl adjacent to an activating group) is 1. The molecule has 3 saturated carbocycles. The first-order valence-electron chi connectivity index (χ1n) is 11.5. The lowest BCUT2D eigenvalue weighted by molar-refractivity contribution is -0.139. The Labute approximate surface area is 178 Å². The molecule has 5 aliphatic rings. The number of fused-ring (bicyclic) bond motifs is 3. The van der Waals surface area contributed by atoms with Gasteiger partial charge in [-0.1, -0.05) is 13.8 Å². The lowest BCUT2D eigenvalue weighted by atomic mass is 9.51. The molecule has 3 heterocycles. The van der Waals surface area contributed by atoms with Gasteiger partial charge in [-0.2, -0.15) is 0 Å². The molecule has 7 nitrogen and oxygen atoms in total. The maximum Gasteiger partial charge on any atom is 0.256 e. The first kappa shape index (κ1) is 19.8. The van der Waals surface area contributed by atoms with Crippen LogP contribution in [0.1, 0.15) is 62.7 Å². The molecule has 0 unspecified atom stereocenters. The number of rotatable bonds is 4. The molecule has 2 amide bonds. The highest BCUT2D eigenvalue weighted by molar-refractivity contribution is 6.01. The van der Waals surface area contributed by atoms with Crippen molar-refractivity contribution in [2.24, 2.45) is 17.3 Å². The summed E-state index contributed by atoms with van der Waals surface area (Å²) in [6, 6.07) is 4.07. The van der Waals surface area contributed by atoms with E-state index in [1.54, 1.807) is 18.3 Å². The fraction of sp³-hybridized carbons (Fsp3) is 0.696. The van der Waals surface area contributed by atoms with Crippen molar-refractivity contribution in [3.63, 3.8) is 0 Å². The SMILES string of the molecule is CCN1CCC[C@@H]1CNC(=O)[C@H]1C[C@H]2CC[C@@]1(C)C[C@]21NC(=O)c2cccnc2N1. The third-order valence-electron chi connectivity index (χ3n) is 8.27. The van der Waals surface area contributed by atoms with E-state index < -0.39 is 5.66 Å². The topological polar surface area (TPSA) is 86.4 Å². The zero-order chi connectivity index (χ0) is 20.9. The predicted molar refractivity (Wildman–Crippen MR) is 115 cm³/mol. The number of amides is 2. The number of hydrogen-bond donors (Lipinski definition) is 3. The molecule has 5 atom stereocenters. The Balaban J connectivity index is 1.31. The minimum atomic E-state index is -0.493. The van der Waals surface area contributed by atoms with Crippen LogP contribution < -0.4 is 16.0 Å². The van der Waals surface area contributed by atoms with Gasteiger partial charge in [0.05, 0.1) is 5.56 Å². The number of carbonyl (C=O) groups excluding carboxylic acids is 2. The van der Waals surface area contributed by atoms with Gasteiger partial charge in [0.15, 0.2) is 0 Å². The van der Waals surface area contributed by atoms with Gasteiger partial charge in [-0.25, -0.2) is 4.98 Å². The van der Waals surface area contributed by atoms with Crippen LogP contribution in [0.4, 0.5) is 5.82 Å².